The number of primary amides is 1. The predicted molar refractivity (Wildman–Crippen MR) is 72.8 cm³/mol. The van der Waals surface area contributed by atoms with Crippen molar-refractivity contribution in [3.05, 3.63) is 18.7 Å². The Morgan fingerprint density at radius 3 is 3.05 bits per heavy atom. The minimum absolute atomic E-state index is 0.0958. The zero-order valence-electron chi connectivity index (χ0n) is 11.3. The van der Waals surface area contributed by atoms with Crippen LogP contribution < -0.4 is 16.4 Å². The number of carbonyl (C=O) groups excluding carboxylic acids is 2. The van der Waals surface area contributed by atoms with Gasteiger partial charge < -0.3 is 25.8 Å². The van der Waals surface area contributed by atoms with Gasteiger partial charge in [0, 0.05) is 45.1 Å². The van der Waals surface area contributed by atoms with Crippen LogP contribution in [0.15, 0.2) is 18.7 Å². The van der Waals surface area contributed by atoms with Gasteiger partial charge in [-0.1, -0.05) is 0 Å². The molecule has 4 N–H and O–H groups in total. The number of piperazine rings is 1. The number of nitrogens with zero attached hydrogens (tertiary/aromatic N) is 3. The number of nitrogens with one attached hydrogen (secondary N) is 2. The highest BCUT2D eigenvalue weighted by Crippen LogP contribution is 1.99. The summed E-state index contributed by atoms with van der Waals surface area (Å²) in [4.78, 5) is 28.5. The molecule has 1 aromatic rings. The fourth-order valence-corrected chi connectivity index (χ4v) is 2.14. The molecule has 1 aromatic heterocycles. The number of amides is 3. The molecule has 1 saturated heterocycles. The van der Waals surface area contributed by atoms with Crippen molar-refractivity contribution in [2.75, 3.05) is 26.2 Å². The maximum absolute atomic E-state index is 12.0. The Kier molecular flexibility index (Phi) is 4.94. The van der Waals surface area contributed by atoms with Crippen molar-refractivity contribution < 1.29 is 9.59 Å². The van der Waals surface area contributed by atoms with Crippen molar-refractivity contribution in [2.24, 2.45) is 5.73 Å². The molecule has 1 atom stereocenters. The standard InChI is InChI=1S/C12H20N6O2/c13-12(20)18-7-4-15-10(8-18)11(19)16-2-1-5-17-6-3-14-9-17/h3,6,9-10,15H,1-2,4-5,7-8H2,(H2,13,20)(H,16,19). The minimum Gasteiger partial charge on any atom is -0.355 e. The second-order valence-corrected chi connectivity index (χ2v) is 4.74. The molecule has 2 heterocycles. The van der Waals surface area contributed by atoms with Crippen LogP contribution in [0.3, 0.4) is 0 Å². The van der Waals surface area contributed by atoms with Gasteiger partial charge in [-0.15, -0.1) is 0 Å². The average molecular weight is 280 g/mol. The summed E-state index contributed by atoms with van der Waals surface area (Å²) < 4.78 is 1.96. The maximum atomic E-state index is 12.0. The van der Waals surface area contributed by atoms with E-state index in [0.29, 0.717) is 26.2 Å². The van der Waals surface area contributed by atoms with E-state index in [4.69, 9.17) is 5.73 Å². The molecule has 0 bridgehead atoms. The van der Waals surface area contributed by atoms with Gasteiger partial charge in [0.05, 0.1) is 6.33 Å². The van der Waals surface area contributed by atoms with Gasteiger partial charge in [0.2, 0.25) is 5.91 Å². The second-order valence-electron chi connectivity index (χ2n) is 4.74. The Labute approximate surface area is 117 Å². The number of carbonyl (C=O) groups is 2. The SMILES string of the molecule is NC(=O)N1CCNC(C(=O)NCCCn2ccnc2)C1. The lowest BCUT2D eigenvalue weighted by Gasteiger charge is -2.31. The van der Waals surface area contributed by atoms with Crippen LogP contribution in [-0.4, -0.2) is 58.6 Å². The third-order valence-electron chi connectivity index (χ3n) is 3.26. The van der Waals surface area contributed by atoms with Crippen LogP contribution in [-0.2, 0) is 11.3 Å². The summed E-state index contributed by atoms with van der Waals surface area (Å²) in [6.07, 6.45) is 6.18. The first-order chi connectivity index (χ1) is 9.66. The Balaban J connectivity index is 1.67. The molecule has 1 aliphatic rings. The molecule has 0 spiro atoms. The number of rotatable bonds is 5. The molecular weight excluding hydrogens is 260 g/mol. The summed E-state index contributed by atoms with van der Waals surface area (Å²) in [6.45, 7) is 2.84. The van der Waals surface area contributed by atoms with Crippen molar-refractivity contribution in [3.8, 4) is 0 Å². The normalized spacial score (nSPS) is 18.8. The minimum atomic E-state index is -0.482. The van der Waals surface area contributed by atoms with Crippen LogP contribution in [0, 0.1) is 0 Å². The van der Waals surface area contributed by atoms with Crippen LogP contribution >= 0.6 is 0 Å². The molecule has 0 radical (unpaired) electrons. The van der Waals surface area contributed by atoms with E-state index in [-0.39, 0.29) is 11.9 Å². The van der Waals surface area contributed by atoms with E-state index in [0.717, 1.165) is 13.0 Å². The van der Waals surface area contributed by atoms with E-state index < -0.39 is 6.03 Å². The van der Waals surface area contributed by atoms with Crippen LogP contribution in [0.5, 0.6) is 0 Å². The highest BCUT2D eigenvalue weighted by Gasteiger charge is 2.26. The molecule has 2 rings (SSSR count). The van der Waals surface area contributed by atoms with Crippen LogP contribution in [0.25, 0.3) is 0 Å². The number of aryl methyl sites for hydroxylation is 1. The Morgan fingerprint density at radius 2 is 2.35 bits per heavy atom. The molecule has 8 heteroatoms. The summed E-state index contributed by atoms with van der Waals surface area (Å²) in [6, 6.07) is -0.867. The molecule has 0 aliphatic carbocycles. The molecule has 1 fully saturated rings. The van der Waals surface area contributed by atoms with Crippen molar-refractivity contribution in [3.63, 3.8) is 0 Å². The maximum Gasteiger partial charge on any atom is 0.314 e. The van der Waals surface area contributed by atoms with Crippen LogP contribution in [0.4, 0.5) is 4.79 Å². The number of urea groups is 1. The molecule has 0 aromatic carbocycles. The summed E-state index contributed by atoms with van der Waals surface area (Å²) in [5, 5.41) is 5.94. The Bertz CT molecular complexity index is 447. The summed E-state index contributed by atoms with van der Waals surface area (Å²) >= 11 is 0. The van der Waals surface area contributed by atoms with E-state index in [1.165, 1.54) is 4.90 Å². The van der Waals surface area contributed by atoms with Crippen LogP contribution in [0.2, 0.25) is 0 Å². The Hall–Kier alpha value is -2.09. The van der Waals surface area contributed by atoms with Gasteiger partial charge in [0.25, 0.3) is 0 Å². The Morgan fingerprint density at radius 1 is 1.50 bits per heavy atom. The molecule has 1 aliphatic heterocycles. The van der Waals surface area contributed by atoms with E-state index in [2.05, 4.69) is 15.6 Å². The summed E-state index contributed by atoms with van der Waals surface area (Å²) in [5.74, 6) is -0.0958. The van der Waals surface area contributed by atoms with Gasteiger partial charge in [-0.25, -0.2) is 9.78 Å². The number of nitrogens with two attached hydrogens (primary N) is 1. The molecule has 1 unspecified atom stereocenters. The van der Waals surface area contributed by atoms with Gasteiger partial charge in [0.1, 0.15) is 6.04 Å². The zero-order valence-corrected chi connectivity index (χ0v) is 11.3. The molecular formula is C12H20N6O2. The first-order valence-electron chi connectivity index (χ1n) is 6.68. The fraction of sp³-hybridized carbons (Fsp3) is 0.583. The lowest BCUT2D eigenvalue weighted by Crippen LogP contribution is -2.59. The molecule has 110 valence electrons. The predicted octanol–water partition coefficient (Wildman–Crippen LogP) is -1.26. The van der Waals surface area contributed by atoms with E-state index in [1.807, 2.05) is 10.8 Å². The number of aromatic nitrogens is 2. The van der Waals surface area contributed by atoms with E-state index >= 15 is 0 Å². The molecule has 0 saturated carbocycles. The van der Waals surface area contributed by atoms with Gasteiger partial charge in [-0.3, -0.25) is 4.79 Å². The first kappa shape index (κ1) is 14.3. The topological polar surface area (TPSA) is 105 Å². The first-order valence-corrected chi connectivity index (χ1v) is 6.68. The second kappa shape index (κ2) is 6.90. The molecule has 3 amide bonds. The third kappa shape index (κ3) is 3.95. The zero-order chi connectivity index (χ0) is 14.4. The summed E-state index contributed by atoms with van der Waals surface area (Å²) in [7, 11) is 0. The van der Waals surface area contributed by atoms with Gasteiger partial charge >= 0.3 is 6.03 Å². The number of hydrogen-bond acceptors (Lipinski definition) is 4. The fourth-order valence-electron chi connectivity index (χ4n) is 2.14. The lowest BCUT2D eigenvalue weighted by molar-refractivity contribution is -0.123. The van der Waals surface area contributed by atoms with E-state index in [9.17, 15) is 9.59 Å². The smallest absolute Gasteiger partial charge is 0.314 e. The molecule has 20 heavy (non-hydrogen) atoms. The highest BCUT2D eigenvalue weighted by atomic mass is 16.2. The van der Waals surface area contributed by atoms with Gasteiger partial charge in [-0.05, 0) is 6.42 Å². The van der Waals surface area contributed by atoms with Crippen molar-refractivity contribution >= 4 is 11.9 Å². The van der Waals surface area contributed by atoms with Crippen molar-refractivity contribution in [1.82, 2.24) is 25.1 Å². The van der Waals surface area contributed by atoms with Crippen molar-refractivity contribution in [2.45, 2.75) is 19.0 Å². The lowest BCUT2D eigenvalue weighted by atomic mass is 10.2. The summed E-state index contributed by atoms with van der Waals surface area (Å²) in [5.41, 5.74) is 5.22. The van der Waals surface area contributed by atoms with Gasteiger partial charge in [0.15, 0.2) is 0 Å². The third-order valence-corrected chi connectivity index (χ3v) is 3.26. The van der Waals surface area contributed by atoms with Crippen LogP contribution in [0.1, 0.15) is 6.42 Å². The largest absolute Gasteiger partial charge is 0.355 e. The van der Waals surface area contributed by atoms with Gasteiger partial charge in [-0.2, -0.15) is 0 Å². The average Bonchev–Trinajstić information content (AvgIpc) is 2.96. The molecule has 8 nitrogen and oxygen atoms in total. The monoisotopic (exact) mass is 280 g/mol. The number of imidazole rings is 1. The van der Waals surface area contributed by atoms with Crippen molar-refractivity contribution in [1.29, 1.82) is 0 Å². The number of hydrogen-bond donors (Lipinski definition) is 3. The highest BCUT2D eigenvalue weighted by molar-refractivity contribution is 5.83. The van der Waals surface area contributed by atoms with E-state index in [1.54, 1.807) is 12.5 Å². The quantitative estimate of drug-likeness (QED) is 0.585.